The van der Waals surface area contributed by atoms with Crippen molar-refractivity contribution < 1.29 is 5.11 Å². The Labute approximate surface area is 101 Å². The molecule has 4 nitrogen and oxygen atoms in total. The second kappa shape index (κ2) is 4.30. The number of nitrogens with zero attached hydrogens (tertiary/aromatic N) is 3. The minimum Gasteiger partial charge on any atom is -0.392 e. The van der Waals surface area contributed by atoms with E-state index in [1.165, 1.54) is 5.56 Å². The number of hydrogen-bond donors (Lipinski definition) is 1. The molecule has 17 heavy (non-hydrogen) atoms. The predicted molar refractivity (Wildman–Crippen MR) is 66.2 cm³/mol. The van der Waals surface area contributed by atoms with Gasteiger partial charge in [0, 0.05) is 11.4 Å². The van der Waals surface area contributed by atoms with Crippen molar-refractivity contribution in [3.05, 3.63) is 40.3 Å². The van der Waals surface area contributed by atoms with Gasteiger partial charge in [-0.1, -0.05) is 0 Å². The molecule has 0 unspecified atom stereocenters. The summed E-state index contributed by atoms with van der Waals surface area (Å²) in [5, 5.41) is 13.7. The van der Waals surface area contributed by atoms with Gasteiger partial charge in [0.05, 0.1) is 12.3 Å². The van der Waals surface area contributed by atoms with E-state index in [0.29, 0.717) is 0 Å². The Kier molecular flexibility index (Phi) is 2.98. The molecule has 0 atom stereocenters. The van der Waals surface area contributed by atoms with Crippen molar-refractivity contribution in [2.24, 2.45) is 0 Å². The highest BCUT2D eigenvalue weighted by Gasteiger charge is 2.10. The zero-order valence-corrected chi connectivity index (χ0v) is 10.7. The molecule has 90 valence electrons. The standard InChI is InChI=1S/C13H17N3O/c1-8-5-12(7-17)6-13(14-8)16-11(4)9(2)10(3)15-16/h5-6,17H,7H2,1-4H3. The largest absolute Gasteiger partial charge is 0.392 e. The topological polar surface area (TPSA) is 50.9 Å². The first-order chi connectivity index (χ1) is 8.02. The fourth-order valence-electron chi connectivity index (χ4n) is 1.86. The van der Waals surface area contributed by atoms with Crippen molar-refractivity contribution in [1.82, 2.24) is 14.8 Å². The highest BCUT2D eigenvalue weighted by molar-refractivity contribution is 5.35. The number of aliphatic hydroxyl groups is 1. The van der Waals surface area contributed by atoms with Gasteiger partial charge in [0.25, 0.3) is 0 Å². The van der Waals surface area contributed by atoms with Gasteiger partial charge in [-0.2, -0.15) is 5.10 Å². The van der Waals surface area contributed by atoms with E-state index in [0.717, 1.165) is 28.5 Å². The molecule has 0 spiro atoms. The Morgan fingerprint density at radius 2 is 1.88 bits per heavy atom. The van der Waals surface area contributed by atoms with Crippen LogP contribution in [-0.4, -0.2) is 19.9 Å². The van der Waals surface area contributed by atoms with Crippen molar-refractivity contribution >= 4 is 0 Å². The third-order valence-corrected chi connectivity index (χ3v) is 3.05. The van der Waals surface area contributed by atoms with Gasteiger partial charge in [0.1, 0.15) is 0 Å². The van der Waals surface area contributed by atoms with Gasteiger partial charge in [0.15, 0.2) is 5.82 Å². The van der Waals surface area contributed by atoms with Crippen LogP contribution in [0.15, 0.2) is 12.1 Å². The van der Waals surface area contributed by atoms with E-state index in [1.807, 2.05) is 37.6 Å². The van der Waals surface area contributed by atoms with E-state index in [9.17, 15) is 5.11 Å². The Bertz CT molecular complexity index is 558. The van der Waals surface area contributed by atoms with Crippen LogP contribution < -0.4 is 0 Å². The van der Waals surface area contributed by atoms with E-state index in [4.69, 9.17) is 0 Å². The molecule has 0 radical (unpaired) electrons. The van der Waals surface area contributed by atoms with Crippen LogP contribution in [0.2, 0.25) is 0 Å². The van der Waals surface area contributed by atoms with Crippen LogP contribution in [0.4, 0.5) is 0 Å². The lowest BCUT2D eigenvalue weighted by atomic mass is 10.2. The van der Waals surface area contributed by atoms with Crippen molar-refractivity contribution in [2.45, 2.75) is 34.3 Å². The highest BCUT2D eigenvalue weighted by atomic mass is 16.3. The monoisotopic (exact) mass is 231 g/mol. The third kappa shape index (κ3) is 2.08. The van der Waals surface area contributed by atoms with Crippen LogP contribution in [0.25, 0.3) is 5.82 Å². The minimum atomic E-state index is 0.0225. The quantitative estimate of drug-likeness (QED) is 0.860. The molecule has 0 aliphatic rings. The summed E-state index contributed by atoms with van der Waals surface area (Å²) in [6.07, 6.45) is 0. The summed E-state index contributed by atoms with van der Waals surface area (Å²) in [5.74, 6) is 0.766. The van der Waals surface area contributed by atoms with E-state index < -0.39 is 0 Å². The molecular formula is C13H17N3O. The van der Waals surface area contributed by atoms with Gasteiger partial charge in [-0.25, -0.2) is 9.67 Å². The van der Waals surface area contributed by atoms with Crippen LogP contribution >= 0.6 is 0 Å². The van der Waals surface area contributed by atoms with Crippen molar-refractivity contribution in [2.75, 3.05) is 0 Å². The molecule has 2 heterocycles. The first-order valence-electron chi connectivity index (χ1n) is 5.64. The first-order valence-corrected chi connectivity index (χ1v) is 5.64. The second-order valence-electron chi connectivity index (χ2n) is 4.34. The lowest BCUT2D eigenvalue weighted by Crippen LogP contribution is -2.04. The van der Waals surface area contributed by atoms with E-state index in [-0.39, 0.29) is 6.61 Å². The van der Waals surface area contributed by atoms with Gasteiger partial charge >= 0.3 is 0 Å². The SMILES string of the molecule is Cc1cc(CO)cc(-n2nc(C)c(C)c2C)n1. The van der Waals surface area contributed by atoms with Gasteiger partial charge < -0.3 is 5.11 Å². The molecule has 2 aromatic heterocycles. The van der Waals surface area contributed by atoms with Crippen LogP contribution in [-0.2, 0) is 6.61 Å². The molecule has 1 N–H and O–H groups in total. The smallest absolute Gasteiger partial charge is 0.154 e. The predicted octanol–water partition coefficient (Wildman–Crippen LogP) is 1.99. The normalized spacial score (nSPS) is 10.9. The summed E-state index contributed by atoms with van der Waals surface area (Å²) in [4.78, 5) is 4.46. The maximum absolute atomic E-state index is 9.21. The average Bonchev–Trinajstić information content (AvgIpc) is 2.56. The van der Waals surface area contributed by atoms with Gasteiger partial charge in [0.2, 0.25) is 0 Å². The van der Waals surface area contributed by atoms with E-state index in [2.05, 4.69) is 17.0 Å². The zero-order chi connectivity index (χ0) is 12.6. The molecular weight excluding hydrogens is 214 g/mol. The maximum atomic E-state index is 9.21. The summed E-state index contributed by atoms with van der Waals surface area (Å²) in [6, 6.07) is 3.74. The summed E-state index contributed by atoms with van der Waals surface area (Å²) >= 11 is 0. The van der Waals surface area contributed by atoms with Crippen LogP contribution in [0.5, 0.6) is 0 Å². The van der Waals surface area contributed by atoms with Gasteiger partial charge in [-0.15, -0.1) is 0 Å². The van der Waals surface area contributed by atoms with Gasteiger partial charge in [-0.3, -0.25) is 0 Å². The van der Waals surface area contributed by atoms with E-state index >= 15 is 0 Å². The van der Waals surface area contributed by atoms with Crippen molar-refractivity contribution in [1.29, 1.82) is 0 Å². The molecule has 0 aliphatic heterocycles. The van der Waals surface area contributed by atoms with Crippen molar-refractivity contribution in [3.63, 3.8) is 0 Å². The lowest BCUT2D eigenvalue weighted by Gasteiger charge is -2.07. The first kappa shape index (κ1) is 11.8. The second-order valence-corrected chi connectivity index (χ2v) is 4.34. The number of aliphatic hydroxyl groups excluding tert-OH is 1. The van der Waals surface area contributed by atoms with Gasteiger partial charge in [-0.05, 0) is 51.0 Å². The number of aryl methyl sites for hydroxylation is 2. The molecule has 0 saturated heterocycles. The van der Waals surface area contributed by atoms with Crippen molar-refractivity contribution in [3.8, 4) is 5.82 Å². The fourth-order valence-corrected chi connectivity index (χ4v) is 1.86. The molecule has 0 aliphatic carbocycles. The zero-order valence-electron chi connectivity index (χ0n) is 10.7. The Morgan fingerprint density at radius 1 is 1.18 bits per heavy atom. The van der Waals surface area contributed by atoms with E-state index in [1.54, 1.807) is 0 Å². The summed E-state index contributed by atoms with van der Waals surface area (Å²) in [6.45, 7) is 8.01. The maximum Gasteiger partial charge on any atom is 0.154 e. The number of pyridine rings is 1. The van der Waals surface area contributed by atoms with Crippen LogP contribution in [0, 0.1) is 27.7 Å². The van der Waals surface area contributed by atoms with Crippen LogP contribution in [0.3, 0.4) is 0 Å². The Hall–Kier alpha value is -1.68. The summed E-state index contributed by atoms with van der Waals surface area (Å²) in [7, 11) is 0. The molecule has 2 aromatic rings. The molecule has 4 heteroatoms. The number of aromatic nitrogens is 3. The third-order valence-electron chi connectivity index (χ3n) is 3.05. The molecule has 0 amide bonds. The average molecular weight is 231 g/mol. The Balaban J connectivity index is 2.59. The molecule has 0 fully saturated rings. The number of hydrogen-bond acceptors (Lipinski definition) is 3. The van der Waals surface area contributed by atoms with Crippen LogP contribution in [0.1, 0.15) is 28.2 Å². The number of rotatable bonds is 2. The minimum absolute atomic E-state index is 0.0225. The molecule has 0 bridgehead atoms. The Morgan fingerprint density at radius 3 is 2.41 bits per heavy atom. The molecule has 0 saturated carbocycles. The summed E-state index contributed by atoms with van der Waals surface area (Å²) < 4.78 is 1.83. The highest BCUT2D eigenvalue weighted by Crippen LogP contribution is 2.17. The molecule has 0 aromatic carbocycles. The lowest BCUT2D eigenvalue weighted by molar-refractivity contribution is 0.281. The fraction of sp³-hybridized carbons (Fsp3) is 0.385. The molecule has 2 rings (SSSR count). The summed E-state index contributed by atoms with van der Waals surface area (Å²) in [5.41, 5.74) is 5.02.